The van der Waals surface area contributed by atoms with Crippen LogP contribution in [0.3, 0.4) is 0 Å². The Labute approximate surface area is 177 Å². The maximum atomic E-state index is 12.2. The van der Waals surface area contributed by atoms with Gasteiger partial charge in [0.15, 0.2) is 0 Å². The monoisotopic (exact) mass is 459 g/mol. The quantitative estimate of drug-likeness (QED) is 0.664. The number of rotatable bonds is 7. The van der Waals surface area contributed by atoms with Gasteiger partial charge < -0.3 is 20.3 Å². The van der Waals surface area contributed by atoms with E-state index in [9.17, 15) is 14.4 Å². The van der Waals surface area contributed by atoms with Crippen molar-refractivity contribution in [3.05, 3.63) is 52.5 Å². The first kappa shape index (κ1) is 20.9. The molecule has 1 aliphatic heterocycles. The van der Waals surface area contributed by atoms with E-state index in [1.165, 1.54) is 7.11 Å². The molecular weight excluding hydrogens is 438 g/mol. The van der Waals surface area contributed by atoms with Gasteiger partial charge in [0.2, 0.25) is 11.8 Å². The molecule has 0 aromatic heterocycles. The largest absolute Gasteiger partial charge is 0.494 e. The minimum absolute atomic E-state index is 0.0709. The zero-order chi connectivity index (χ0) is 20.8. The number of nitrogens with one attached hydrogen (secondary N) is 2. The summed E-state index contributed by atoms with van der Waals surface area (Å²) >= 11 is 3.32. The third-order valence-corrected chi connectivity index (χ3v) is 5.10. The highest BCUT2D eigenvalue weighted by Gasteiger charge is 2.24. The van der Waals surface area contributed by atoms with Crippen LogP contribution in [0.1, 0.15) is 29.6 Å². The lowest BCUT2D eigenvalue weighted by Gasteiger charge is -2.19. The Morgan fingerprint density at radius 1 is 1.17 bits per heavy atom. The van der Waals surface area contributed by atoms with Crippen molar-refractivity contribution in [3.63, 3.8) is 0 Å². The molecule has 8 heteroatoms. The van der Waals surface area contributed by atoms with E-state index in [4.69, 9.17) is 4.74 Å². The van der Waals surface area contributed by atoms with Gasteiger partial charge >= 0.3 is 0 Å². The number of methoxy groups -OCH3 is 1. The van der Waals surface area contributed by atoms with Gasteiger partial charge in [0.1, 0.15) is 5.75 Å². The van der Waals surface area contributed by atoms with Gasteiger partial charge in [-0.1, -0.05) is 15.9 Å². The van der Waals surface area contributed by atoms with E-state index in [1.807, 2.05) is 0 Å². The van der Waals surface area contributed by atoms with Crippen molar-refractivity contribution in [1.29, 1.82) is 0 Å². The number of amides is 3. The summed E-state index contributed by atoms with van der Waals surface area (Å²) in [6.45, 7) is 0.886. The topological polar surface area (TPSA) is 87.7 Å². The second kappa shape index (κ2) is 9.56. The summed E-state index contributed by atoms with van der Waals surface area (Å²) < 4.78 is 6.29. The Morgan fingerprint density at radius 2 is 1.93 bits per heavy atom. The molecule has 2 aromatic rings. The van der Waals surface area contributed by atoms with Crippen molar-refractivity contribution < 1.29 is 19.1 Å². The third-order valence-electron chi connectivity index (χ3n) is 4.57. The predicted molar refractivity (Wildman–Crippen MR) is 114 cm³/mol. The lowest BCUT2D eigenvalue weighted by molar-refractivity contribution is -0.117. The molecule has 3 amide bonds. The molecule has 1 saturated heterocycles. The van der Waals surface area contributed by atoms with Crippen LogP contribution in [0, 0.1) is 0 Å². The molecule has 0 atom stereocenters. The Bertz CT molecular complexity index is 915. The van der Waals surface area contributed by atoms with Crippen molar-refractivity contribution >= 4 is 45.0 Å². The van der Waals surface area contributed by atoms with Crippen LogP contribution in [0.4, 0.5) is 11.4 Å². The van der Waals surface area contributed by atoms with Crippen molar-refractivity contribution in [2.75, 3.05) is 30.4 Å². The Kier molecular flexibility index (Phi) is 6.87. The number of anilines is 2. The van der Waals surface area contributed by atoms with Crippen molar-refractivity contribution in [3.8, 4) is 5.75 Å². The van der Waals surface area contributed by atoms with Gasteiger partial charge in [0.05, 0.1) is 12.8 Å². The van der Waals surface area contributed by atoms with Gasteiger partial charge in [-0.05, 0) is 42.8 Å². The zero-order valence-electron chi connectivity index (χ0n) is 16.0. The molecule has 152 valence electrons. The first-order chi connectivity index (χ1) is 14.0. The highest BCUT2D eigenvalue weighted by atomic mass is 79.9. The molecule has 2 N–H and O–H groups in total. The normalized spacial score (nSPS) is 13.3. The van der Waals surface area contributed by atoms with Crippen LogP contribution in [0.25, 0.3) is 0 Å². The lowest BCUT2D eigenvalue weighted by atomic mass is 10.2. The van der Waals surface area contributed by atoms with E-state index in [0.29, 0.717) is 35.7 Å². The molecule has 0 radical (unpaired) electrons. The molecule has 2 aromatic carbocycles. The molecule has 0 unspecified atom stereocenters. The van der Waals surface area contributed by atoms with Crippen molar-refractivity contribution in [2.24, 2.45) is 0 Å². The Hall–Kier alpha value is -2.87. The highest BCUT2D eigenvalue weighted by molar-refractivity contribution is 9.10. The van der Waals surface area contributed by atoms with Gasteiger partial charge in [0.25, 0.3) is 5.91 Å². The van der Waals surface area contributed by atoms with E-state index >= 15 is 0 Å². The standard InChI is InChI=1S/C21H22BrN3O4/c1-29-18-13-16(8-9-17(18)25-12-2-3-20(25)27)24-19(26)10-11-23-21(28)14-4-6-15(22)7-5-14/h4-9,13H,2-3,10-12H2,1H3,(H,23,28)(H,24,26). The SMILES string of the molecule is COc1cc(NC(=O)CCNC(=O)c2ccc(Br)cc2)ccc1N1CCCC1=O. The van der Waals surface area contributed by atoms with Crippen molar-refractivity contribution in [2.45, 2.75) is 19.3 Å². The molecule has 7 nitrogen and oxygen atoms in total. The van der Waals surface area contributed by atoms with E-state index in [1.54, 1.807) is 47.4 Å². The second-order valence-electron chi connectivity index (χ2n) is 6.60. The van der Waals surface area contributed by atoms with E-state index in [-0.39, 0.29) is 30.7 Å². The minimum atomic E-state index is -0.230. The summed E-state index contributed by atoms with van der Waals surface area (Å²) in [5.41, 5.74) is 1.81. The summed E-state index contributed by atoms with van der Waals surface area (Å²) in [7, 11) is 1.53. The van der Waals surface area contributed by atoms with Crippen LogP contribution in [0.15, 0.2) is 46.9 Å². The number of halogens is 1. The molecule has 1 fully saturated rings. The highest BCUT2D eigenvalue weighted by Crippen LogP contribution is 2.33. The van der Waals surface area contributed by atoms with Crippen LogP contribution < -0.4 is 20.3 Å². The molecule has 1 heterocycles. The van der Waals surface area contributed by atoms with Crippen LogP contribution in [-0.4, -0.2) is 37.9 Å². The van der Waals surface area contributed by atoms with E-state index in [2.05, 4.69) is 26.6 Å². The Morgan fingerprint density at radius 3 is 2.59 bits per heavy atom. The summed E-state index contributed by atoms with van der Waals surface area (Å²) in [6, 6.07) is 12.2. The fourth-order valence-corrected chi connectivity index (χ4v) is 3.36. The Balaban J connectivity index is 1.53. The average molecular weight is 460 g/mol. The van der Waals surface area contributed by atoms with Crippen LogP contribution in [0.5, 0.6) is 5.75 Å². The van der Waals surface area contributed by atoms with Gasteiger partial charge in [-0.25, -0.2) is 0 Å². The summed E-state index contributed by atoms with van der Waals surface area (Å²) in [6.07, 6.45) is 1.50. The molecule has 0 spiro atoms. The summed E-state index contributed by atoms with van der Waals surface area (Å²) in [4.78, 5) is 37.9. The number of ether oxygens (including phenoxy) is 1. The maximum Gasteiger partial charge on any atom is 0.251 e. The van der Waals surface area contributed by atoms with Gasteiger partial charge in [-0.15, -0.1) is 0 Å². The first-order valence-corrected chi connectivity index (χ1v) is 10.1. The number of hydrogen-bond acceptors (Lipinski definition) is 4. The van der Waals surface area contributed by atoms with E-state index < -0.39 is 0 Å². The first-order valence-electron chi connectivity index (χ1n) is 9.30. The fraction of sp³-hybridized carbons (Fsp3) is 0.286. The summed E-state index contributed by atoms with van der Waals surface area (Å²) in [5, 5.41) is 5.51. The number of hydrogen-bond donors (Lipinski definition) is 2. The minimum Gasteiger partial charge on any atom is -0.494 e. The third kappa shape index (κ3) is 5.35. The molecule has 0 saturated carbocycles. The van der Waals surface area contributed by atoms with Crippen LogP contribution in [-0.2, 0) is 9.59 Å². The fourth-order valence-electron chi connectivity index (χ4n) is 3.10. The maximum absolute atomic E-state index is 12.2. The van der Waals surface area contributed by atoms with Crippen LogP contribution in [0.2, 0.25) is 0 Å². The van der Waals surface area contributed by atoms with Gasteiger partial charge in [-0.2, -0.15) is 0 Å². The zero-order valence-corrected chi connectivity index (χ0v) is 17.6. The van der Waals surface area contributed by atoms with Gasteiger partial charge in [-0.3, -0.25) is 14.4 Å². The second-order valence-corrected chi connectivity index (χ2v) is 7.51. The molecule has 29 heavy (non-hydrogen) atoms. The molecular formula is C21H22BrN3O4. The molecule has 0 aliphatic carbocycles. The predicted octanol–water partition coefficient (Wildman–Crippen LogP) is 3.34. The smallest absolute Gasteiger partial charge is 0.251 e. The van der Waals surface area contributed by atoms with Gasteiger partial charge in [0, 0.05) is 47.7 Å². The number of carbonyl (C=O) groups excluding carboxylic acids is 3. The average Bonchev–Trinajstić information content (AvgIpc) is 3.14. The number of nitrogens with zero attached hydrogens (tertiary/aromatic N) is 1. The summed E-state index contributed by atoms with van der Waals surface area (Å²) in [5.74, 6) is 0.142. The number of benzene rings is 2. The number of carbonyl (C=O) groups is 3. The molecule has 3 rings (SSSR count). The molecule has 1 aliphatic rings. The van der Waals surface area contributed by atoms with Crippen LogP contribution >= 0.6 is 15.9 Å². The lowest BCUT2D eigenvalue weighted by Crippen LogP contribution is -2.27. The van der Waals surface area contributed by atoms with Crippen molar-refractivity contribution in [1.82, 2.24) is 5.32 Å². The van der Waals surface area contributed by atoms with E-state index in [0.717, 1.165) is 10.9 Å². The molecule has 0 bridgehead atoms.